The van der Waals surface area contributed by atoms with E-state index in [1.54, 1.807) is 12.0 Å². The predicted octanol–water partition coefficient (Wildman–Crippen LogP) is 3.90. The minimum absolute atomic E-state index is 0.0920. The first kappa shape index (κ1) is 15.3. The average Bonchev–Trinajstić information content (AvgIpc) is 2.47. The van der Waals surface area contributed by atoms with Crippen LogP contribution in [0.15, 0.2) is 28.7 Å². The first-order valence-corrected chi connectivity index (χ1v) is 7.83. The number of methoxy groups -OCH3 is 1. The first-order valence-electron chi connectivity index (χ1n) is 7.04. The number of ether oxygens (including phenoxy) is 1. The van der Waals surface area contributed by atoms with E-state index < -0.39 is 0 Å². The number of carbonyl (C=O) groups excluding carboxylic acids is 1. The Morgan fingerprint density at radius 1 is 1.35 bits per heavy atom. The number of para-hydroxylation sites is 1. The fourth-order valence-electron chi connectivity index (χ4n) is 2.54. The third kappa shape index (κ3) is 3.96. The van der Waals surface area contributed by atoms with E-state index >= 15 is 0 Å². The number of benzene rings is 1. The zero-order chi connectivity index (χ0) is 14.4. The Morgan fingerprint density at radius 3 is 2.70 bits per heavy atom. The highest BCUT2D eigenvalue weighted by Crippen LogP contribution is 2.26. The van der Waals surface area contributed by atoms with Gasteiger partial charge in [-0.1, -0.05) is 31.4 Å². The normalized spacial score (nSPS) is 15.9. The summed E-state index contributed by atoms with van der Waals surface area (Å²) in [4.78, 5) is 14.1. The number of nitrogens with one attached hydrogen (secondary N) is 1. The van der Waals surface area contributed by atoms with Crippen molar-refractivity contribution in [2.45, 2.75) is 38.1 Å². The van der Waals surface area contributed by atoms with E-state index in [2.05, 4.69) is 21.2 Å². The Bertz CT molecular complexity index is 447. The fourth-order valence-corrected chi connectivity index (χ4v) is 3.04. The summed E-state index contributed by atoms with van der Waals surface area (Å²) in [5.41, 5.74) is 0.822. The molecule has 1 aromatic carbocycles. The highest BCUT2D eigenvalue weighted by atomic mass is 79.9. The second-order valence-corrected chi connectivity index (χ2v) is 5.94. The largest absolute Gasteiger partial charge is 0.364 e. The van der Waals surface area contributed by atoms with Gasteiger partial charge in [-0.3, -0.25) is 4.90 Å². The third-order valence-corrected chi connectivity index (χ3v) is 4.25. The predicted molar refractivity (Wildman–Crippen MR) is 83.9 cm³/mol. The van der Waals surface area contributed by atoms with Gasteiger partial charge in [0.25, 0.3) is 0 Å². The molecule has 0 aliphatic heterocycles. The van der Waals surface area contributed by atoms with Crippen LogP contribution in [0, 0.1) is 0 Å². The van der Waals surface area contributed by atoms with Crippen molar-refractivity contribution < 1.29 is 9.53 Å². The molecule has 0 saturated heterocycles. The molecule has 1 aliphatic rings. The molecule has 5 heteroatoms. The zero-order valence-electron chi connectivity index (χ0n) is 11.8. The van der Waals surface area contributed by atoms with E-state index in [1.807, 2.05) is 24.3 Å². The molecule has 0 unspecified atom stereocenters. The van der Waals surface area contributed by atoms with Crippen LogP contribution >= 0.6 is 15.9 Å². The van der Waals surface area contributed by atoms with Crippen molar-refractivity contribution in [3.8, 4) is 0 Å². The maximum atomic E-state index is 12.5. The van der Waals surface area contributed by atoms with Gasteiger partial charge in [-0.15, -0.1) is 0 Å². The van der Waals surface area contributed by atoms with Crippen LogP contribution in [-0.2, 0) is 4.74 Å². The molecule has 0 heterocycles. The number of hydrogen-bond acceptors (Lipinski definition) is 2. The molecule has 0 atom stereocenters. The lowest BCUT2D eigenvalue weighted by molar-refractivity contribution is 0.188. The summed E-state index contributed by atoms with van der Waals surface area (Å²) in [7, 11) is 1.59. The van der Waals surface area contributed by atoms with Gasteiger partial charge in [0.15, 0.2) is 0 Å². The number of urea groups is 1. The van der Waals surface area contributed by atoms with Crippen molar-refractivity contribution in [1.82, 2.24) is 5.32 Å². The summed E-state index contributed by atoms with van der Waals surface area (Å²) in [6, 6.07) is 7.87. The van der Waals surface area contributed by atoms with Crippen molar-refractivity contribution in [3.63, 3.8) is 0 Å². The van der Waals surface area contributed by atoms with Crippen molar-refractivity contribution in [2.24, 2.45) is 0 Å². The van der Waals surface area contributed by atoms with E-state index in [9.17, 15) is 4.79 Å². The first-order chi connectivity index (χ1) is 9.72. The van der Waals surface area contributed by atoms with Crippen molar-refractivity contribution >= 4 is 27.6 Å². The lowest BCUT2D eigenvalue weighted by atomic mass is 9.96. The third-order valence-electron chi connectivity index (χ3n) is 3.58. The monoisotopic (exact) mass is 340 g/mol. The number of hydrogen-bond donors (Lipinski definition) is 1. The number of nitrogens with zero attached hydrogens (tertiary/aromatic N) is 1. The Labute approximate surface area is 128 Å². The second-order valence-electron chi connectivity index (χ2n) is 5.08. The van der Waals surface area contributed by atoms with Crippen LogP contribution < -0.4 is 10.2 Å². The molecular formula is C15H21BrN2O2. The molecule has 0 bridgehead atoms. The minimum atomic E-state index is -0.0920. The summed E-state index contributed by atoms with van der Waals surface area (Å²) < 4.78 is 6.05. The van der Waals surface area contributed by atoms with Crippen molar-refractivity contribution in [2.75, 3.05) is 18.7 Å². The van der Waals surface area contributed by atoms with E-state index in [0.29, 0.717) is 0 Å². The topological polar surface area (TPSA) is 41.6 Å². The Morgan fingerprint density at radius 2 is 2.05 bits per heavy atom. The van der Waals surface area contributed by atoms with Gasteiger partial charge in [0.05, 0.1) is 5.69 Å². The number of carbonyl (C=O) groups is 1. The highest BCUT2D eigenvalue weighted by Gasteiger charge is 2.22. The van der Waals surface area contributed by atoms with Crippen LogP contribution in [0.5, 0.6) is 0 Å². The molecule has 0 aromatic heterocycles. The van der Waals surface area contributed by atoms with E-state index in [-0.39, 0.29) is 18.8 Å². The van der Waals surface area contributed by atoms with Crippen LogP contribution in [0.3, 0.4) is 0 Å². The number of rotatable bonds is 4. The minimum Gasteiger partial charge on any atom is -0.364 e. The fraction of sp³-hybridized carbons (Fsp3) is 0.533. The summed E-state index contributed by atoms with van der Waals surface area (Å²) in [6.07, 6.45) is 5.82. The maximum Gasteiger partial charge on any atom is 0.324 e. The number of anilines is 1. The van der Waals surface area contributed by atoms with Gasteiger partial charge in [-0.05, 0) is 40.9 Å². The molecule has 1 N–H and O–H groups in total. The molecule has 4 nitrogen and oxygen atoms in total. The maximum absolute atomic E-state index is 12.5. The van der Waals surface area contributed by atoms with E-state index in [0.717, 1.165) is 23.0 Å². The second kappa shape index (κ2) is 7.64. The molecular weight excluding hydrogens is 320 g/mol. The average molecular weight is 341 g/mol. The summed E-state index contributed by atoms with van der Waals surface area (Å²) in [6.45, 7) is 0.237. The smallest absolute Gasteiger partial charge is 0.324 e. The Kier molecular flexibility index (Phi) is 5.86. The van der Waals surface area contributed by atoms with E-state index in [1.165, 1.54) is 19.3 Å². The van der Waals surface area contributed by atoms with Crippen LogP contribution in [0.2, 0.25) is 0 Å². The number of halogens is 1. The molecule has 2 rings (SSSR count). The van der Waals surface area contributed by atoms with Crippen molar-refractivity contribution in [3.05, 3.63) is 28.7 Å². The summed E-state index contributed by atoms with van der Waals surface area (Å²) in [5.74, 6) is 0. The van der Waals surface area contributed by atoms with Crippen LogP contribution in [-0.4, -0.2) is 25.9 Å². The molecule has 2 amide bonds. The van der Waals surface area contributed by atoms with Gasteiger partial charge in [0.2, 0.25) is 0 Å². The van der Waals surface area contributed by atoms with Gasteiger partial charge < -0.3 is 10.1 Å². The Balaban J connectivity index is 2.07. The molecule has 1 saturated carbocycles. The van der Waals surface area contributed by atoms with Gasteiger partial charge in [0.1, 0.15) is 6.73 Å². The lowest BCUT2D eigenvalue weighted by Crippen LogP contribution is -2.46. The molecule has 1 fully saturated rings. The standard InChI is InChI=1S/C15H21BrN2O2/c1-20-11-18(14-10-6-5-9-13(14)16)15(19)17-12-7-3-2-4-8-12/h5-6,9-10,12H,2-4,7-8,11H2,1H3,(H,17,19). The zero-order valence-corrected chi connectivity index (χ0v) is 13.4. The van der Waals surface area contributed by atoms with Crippen LogP contribution in [0.25, 0.3) is 0 Å². The van der Waals surface area contributed by atoms with Gasteiger partial charge in [-0.2, -0.15) is 0 Å². The summed E-state index contributed by atoms with van der Waals surface area (Å²) in [5, 5.41) is 3.12. The van der Waals surface area contributed by atoms with Gasteiger partial charge in [0, 0.05) is 17.6 Å². The van der Waals surface area contributed by atoms with Gasteiger partial charge >= 0.3 is 6.03 Å². The molecule has 1 aliphatic carbocycles. The molecule has 0 spiro atoms. The van der Waals surface area contributed by atoms with E-state index in [4.69, 9.17) is 4.74 Å². The molecule has 20 heavy (non-hydrogen) atoms. The molecule has 110 valence electrons. The SMILES string of the molecule is COCN(C(=O)NC1CCCCC1)c1ccccc1Br. The Hall–Kier alpha value is -1.07. The lowest BCUT2D eigenvalue weighted by Gasteiger charge is -2.28. The van der Waals surface area contributed by atoms with Gasteiger partial charge in [-0.25, -0.2) is 4.79 Å². The molecule has 0 radical (unpaired) electrons. The molecule has 1 aromatic rings. The van der Waals surface area contributed by atoms with Crippen molar-refractivity contribution in [1.29, 1.82) is 0 Å². The quantitative estimate of drug-likeness (QED) is 0.844. The number of amides is 2. The summed E-state index contributed by atoms with van der Waals surface area (Å²) >= 11 is 3.48. The highest BCUT2D eigenvalue weighted by molar-refractivity contribution is 9.10. The van der Waals surface area contributed by atoms with Crippen LogP contribution in [0.1, 0.15) is 32.1 Å². The van der Waals surface area contributed by atoms with Crippen LogP contribution in [0.4, 0.5) is 10.5 Å².